The van der Waals surface area contributed by atoms with Gasteiger partial charge in [0.05, 0.1) is 33.2 Å². The van der Waals surface area contributed by atoms with Crippen LogP contribution in [0, 0.1) is 6.92 Å². The van der Waals surface area contributed by atoms with Crippen molar-refractivity contribution in [3.05, 3.63) is 47.5 Å². The third kappa shape index (κ3) is 3.31. The fourth-order valence-corrected chi connectivity index (χ4v) is 2.10. The van der Waals surface area contributed by atoms with E-state index in [1.807, 2.05) is 43.3 Å². The van der Waals surface area contributed by atoms with Gasteiger partial charge in [0.25, 0.3) is 0 Å². The first-order valence-corrected chi connectivity index (χ1v) is 6.85. The molecule has 22 heavy (non-hydrogen) atoms. The Hall–Kier alpha value is -2.69. The van der Waals surface area contributed by atoms with E-state index in [0.717, 1.165) is 16.8 Å². The van der Waals surface area contributed by atoms with Crippen molar-refractivity contribution in [1.29, 1.82) is 0 Å². The summed E-state index contributed by atoms with van der Waals surface area (Å²) in [6.07, 6.45) is 1.69. The van der Waals surface area contributed by atoms with Crippen molar-refractivity contribution in [3.63, 3.8) is 0 Å². The molecule has 5 heteroatoms. The highest BCUT2D eigenvalue weighted by atomic mass is 16.5. The predicted molar refractivity (Wildman–Crippen MR) is 88.5 cm³/mol. The average molecular weight is 300 g/mol. The maximum Gasteiger partial charge on any atom is 0.203 e. The molecule has 0 heterocycles. The number of nitrogens with zero attached hydrogens (tertiary/aromatic N) is 1. The van der Waals surface area contributed by atoms with E-state index in [0.29, 0.717) is 17.2 Å². The summed E-state index contributed by atoms with van der Waals surface area (Å²) in [5.41, 5.74) is 5.89. The number of methoxy groups -OCH3 is 3. The number of hydrogen-bond donors (Lipinski definition) is 1. The van der Waals surface area contributed by atoms with Gasteiger partial charge in [0.15, 0.2) is 11.5 Å². The van der Waals surface area contributed by atoms with Gasteiger partial charge in [-0.15, -0.1) is 0 Å². The highest BCUT2D eigenvalue weighted by Gasteiger charge is 2.14. The van der Waals surface area contributed by atoms with Crippen molar-refractivity contribution < 1.29 is 14.2 Å². The standard InChI is InChI=1S/C17H20N2O3/c1-12-7-5-6-8-14(12)19-18-11-13-9-10-15(20-2)17(22-4)16(13)21-3/h5-11,19H,1-4H3/b18-11-. The van der Waals surface area contributed by atoms with Crippen LogP contribution in [-0.2, 0) is 0 Å². The van der Waals surface area contributed by atoms with Crippen LogP contribution in [0.15, 0.2) is 41.5 Å². The quantitative estimate of drug-likeness (QED) is 0.655. The van der Waals surface area contributed by atoms with Crippen LogP contribution in [0.1, 0.15) is 11.1 Å². The molecule has 0 bridgehead atoms. The van der Waals surface area contributed by atoms with Crippen LogP contribution in [0.3, 0.4) is 0 Å². The molecule has 0 unspecified atom stereocenters. The summed E-state index contributed by atoms with van der Waals surface area (Å²) in [6.45, 7) is 2.02. The van der Waals surface area contributed by atoms with Gasteiger partial charge in [0.2, 0.25) is 5.75 Å². The Morgan fingerprint density at radius 2 is 1.64 bits per heavy atom. The Bertz CT molecular complexity index is 669. The van der Waals surface area contributed by atoms with Crippen molar-refractivity contribution in [3.8, 4) is 17.2 Å². The minimum atomic E-state index is 0.546. The minimum Gasteiger partial charge on any atom is -0.493 e. The number of ether oxygens (including phenoxy) is 3. The van der Waals surface area contributed by atoms with Gasteiger partial charge in [-0.25, -0.2) is 0 Å². The summed E-state index contributed by atoms with van der Waals surface area (Å²) >= 11 is 0. The molecule has 116 valence electrons. The highest BCUT2D eigenvalue weighted by molar-refractivity contribution is 5.86. The maximum atomic E-state index is 5.41. The lowest BCUT2D eigenvalue weighted by molar-refractivity contribution is 0.324. The van der Waals surface area contributed by atoms with Crippen LogP contribution >= 0.6 is 0 Å². The van der Waals surface area contributed by atoms with Crippen LogP contribution in [0.25, 0.3) is 0 Å². The third-order valence-corrected chi connectivity index (χ3v) is 3.27. The average Bonchev–Trinajstić information content (AvgIpc) is 2.55. The molecule has 2 aromatic rings. The van der Waals surface area contributed by atoms with Gasteiger partial charge in [-0.3, -0.25) is 5.43 Å². The first-order valence-electron chi connectivity index (χ1n) is 6.85. The van der Waals surface area contributed by atoms with E-state index in [1.54, 1.807) is 27.5 Å². The Kier molecular flexibility index (Phi) is 5.25. The summed E-state index contributed by atoms with van der Waals surface area (Å²) < 4.78 is 16.0. The molecule has 0 atom stereocenters. The fraction of sp³-hybridized carbons (Fsp3) is 0.235. The normalized spacial score (nSPS) is 10.5. The summed E-state index contributed by atoms with van der Waals surface area (Å²) in [4.78, 5) is 0. The number of rotatable bonds is 6. The molecule has 0 fully saturated rings. The second-order valence-electron chi connectivity index (χ2n) is 4.61. The molecule has 0 aromatic heterocycles. The second-order valence-corrected chi connectivity index (χ2v) is 4.61. The van der Waals surface area contributed by atoms with Gasteiger partial charge in [-0.05, 0) is 30.7 Å². The van der Waals surface area contributed by atoms with Crippen LogP contribution in [0.4, 0.5) is 5.69 Å². The largest absolute Gasteiger partial charge is 0.493 e. The number of benzene rings is 2. The summed E-state index contributed by atoms with van der Waals surface area (Å²) in [7, 11) is 4.75. The Morgan fingerprint density at radius 1 is 0.909 bits per heavy atom. The molecule has 0 aliphatic carbocycles. The highest BCUT2D eigenvalue weighted by Crippen LogP contribution is 2.38. The molecule has 0 aliphatic heterocycles. The van der Waals surface area contributed by atoms with Crippen LogP contribution in [0.5, 0.6) is 17.2 Å². The predicted octanol–water partition coefficient (Wildman–Crippen LogP) is 3.47. The van der Waals surface area contributed by atoms with Gasteiger partial charge in [0.1, 0.15) is 0 Å². The molecular formula is C17H20N2O3. The molecule has 5 nitrogen and oxygen atoms in total. The smallest absolute Gasteiger partial charge is 0.203 e. The van der Waals surface area contributed by atoms with Crippen LogP contribution in [-0.4, -0.2) is 27.5 Å². The number of anilines is 1. The number of aryl methyl sites for hydroxylation is 1. The first-order chi connectivity index (χ1) is 10.7. The van der Waals surface area contributed by atoms with Crippen molar-refractivity contribution in [2.45, 2.75) is 6.92 Å². The zero-order valence-electron chi connectivity index (χ0n) is 13.2. The van der Waals surface area contributed by atoms with E-state index in [4.69, 9.17) is 14.2 Å². The maximum absolute atomic E-state index is 5.41. The van der Waals surface area contributed by atoms with Gasteiger partial charge in [-0.2, -0.15) is 5.10 Å². The van der Waals surface area contributed by atoms with Crippen molar-refractivity contribution >= 4 is 11.9 Å². The molecule has 0 spiro atoms. The van der Waals surface area contributed by atoms with Gasteiger partial charge in [0, 0.05) is 5.56 Å². The molecular weight excluding hydrogens is 280 g/mol. The van der Waals surface area contributed by atoms with E-state index in [-0.39, 0.29) is 0 Å². The number of hydrazone groups is 1. The zero-order valence-corrected chi connectivity index (χ0v) is 13.2. The summed E-state index contributed by atoms with van der Waals surface area (Å²) in [5.74, 6) is 1.74. The molecule has 0 saturated heterocycles. The Balaban J connectivity index is 2.26. The number of nitrogens with one attached hydrogen (secondary N) is 1. The molecule has 2 rings (SSSR count). The van der Waals surface area contributed by atoms with Gasteiger partial charge in [-0.1, -0.05) is 18.2 Å². The molecule has 0 saturated carbocycles. The van der Waals surface area contributed by atoms with Crippen molar-refractivity contribution in [2.24, 2.45) is 5.10 Å². The summed E-state index contributed by atoms with van der Waals surface area (Å²) in [5, 5.41) is 4.26. The minimum absolute atomic E-state index is 0.546. The fourth-order valence-electron chi connectivity index (χ4n) is 2.10. The SMILES string of the molecule is COc1ccc(/C=N\Nc2ccccc2C)c(OC)c1OC. The number of hydrogen-bond acceptors (Lipinski definition) is 5. The van der Waals surface area contributed by atoms with Crippen molar-refractivity contribution in [2.75, 3.05) is 26.8 Å². The Labute approximate surface area is 130 Å². The van der Waals surface area contributed by atoms with Crippen LogP contribution in [0.2, 0.25) is 0 Å². The molecule has 2 aromatic carbocycles. The topological polar surface area (TPSA) is 52.1 Å². The lowest BCUT2D eigenvalue weighted by Crippen LogP contribution is -1.99. The van der Waals surface area contributed by atoms with E-state index < -0.39 is 0 Å². The van der Waals surface area contributed by atoms with Gasteiger partial charge >= 0.3 is 0 Å². The van der Waals surface area contributed by atoms with E-state index >= 15 is 0 Å². The van der Waals surface area contributed by atoms with E-state index in [1.165, 1.54) is 0 Å². The summed E-state index contributed by atoms with van der Waals surface area (Å²) in [6, 6.07) is 11.6. The van der Waals surface area contributed by atoms with E-state index in [9.17, 15) is 0 Å². The lowest BCUT2D eigenvalue weighted by atomic mass is 10.2. The van der Waals surface area contributed by atoms with Crippen LogP contribution < -0.4 is 19.6 Å². The lowest BCUT2D eigenvalue weighted by Gasteiger charge is -2.13. The van der Waals surface area contributed by atoms with Crippen molar-refractivity contribution in [1.82, 2.24) is 0 Å². The molecule has 1 N–H and O–H groups in total. The molecule has 0 amide bonds. The van der Waals surface area contributed by atoms with Gasteiger partial charge < -0.3 is 14.2 Å². The first kappa shape index (κ1) is 15.7. The third-order valence-electron chi connectivity index (χ3n) is 3.27. The number of para-hydroxylation sites is 1. The Morgan fingerprint density at radius 3 is 2.27 bits per heavy atom. The monoisotopic (exact) mass is 300 g/mol. The van der Waals surface area contributed by atoms with E-state index in [2.05, 4.69) is 10.5 Å². The zero-order chi connectivity index (χ0) is 15.9. The molecule has 0 radical (unpaired) electrons. The molecule has 0 aliphatic rings. The second kappa shape index (κ2) is 7.36.